The molecule has 16 heavy (non-hydrogen) atoms. The third-order valence-corrected chi connectivity index (χ3v) is 2.54. The number of rotatable bonds is 4. The maximum atomic E-state index is 13.3. The fraction of sp³-hybridized carbons (Fsp3) is 0.364. The summed E-state index contributed by atoms with van der Waals surface area (Å²) in [6, 6.07) is 2.97. The Morgan fingerprint density at radius 3 is 2.62 bits per heavy atom. The molecule has 0 saturated carbocycles. The summed E-state index contributed by atoms with van der Waals surface area (Å²) in [5.74, 6) is -1.92. The minimum atomic E-state index is -0.821. The molecule has 0 bridgehead atoms. The average molecular weight is 292 g/mol. The summed E-state index contributed by atoms with van der Waals surface area (Å²) < 4.78 is 26.0. The van der Waals surface area contributed by atoms with E-state index in [9.17, 15) is 13.6 Å². The zero-order valence-electron chi connectivity index (χ0n) is 8.84. The molecule has 0 heterocycles. The molecule has 0 saturated heterocycles. The van der Waals surface area contributed by atoms with Crippen molar-refractivity contribution in [1.82, 2.24) is 4.90 Å². The van der Waals surface area contributed by atoms with Crippen LogP contribution in [0.3, 0.4) is 0 Å². The highest BCUT2D eigenvalue weighted by Crippen LogP contribution is 2.12. The highest BCUT2D eigenvalue weighted by Gasteiger charge is 2.17. The molecule has 0 spiro atoms. The number of alkyl halides is 1. The maximum absolute atomic E-state index is 13.3. The first-order chi connectivity index (χ1) is 7.60. The molecule has 0 fully saturated rings. The Morgan fingerprint density at radius 2 is 2.12 bits per heavy atom. The zero-order valence-corrected chi connectivity index (χ0v) is 10.4. The Hall–Kier alpha value is -0.970. The average Bonchev–Trinajstić information content (AvgIpc) is 2.25. The van der Waals surface area contributed by atoms with E-state index >= 15 is 0 Å². The topological polar surface area (TPSA) is 20.3 Å². The molecular weight excluding hydrogens is 280 g/mol. The van der Waals surface area contributed by atoms with E-state index in [1.165, 1.54) is 11.0 Å². The molecular formula is C11H12BrF2NO. The van der Waals surface area contributed by atoms with Crippen LogP contribution in [0.25, 0.3) is 0 Å². The van der Waals surface area contributed by atoms with Gasteiger partial charge in [0, 0.05) is 24.5 Å². The van der Waals surface area contributed by atoms with Crippen molar-refractivity contribution in [1.29, 1.82) is 0 Å². The number of halogens is 3. The minimum absolute atomic E-state index is 0.0933. The summed E-state index contributed by atoms with van der Waals surface area (Å²) in [5, 5.41) is 0.620. The highest BCUT2D eigenvalue weighted by molar-refractivity contribution is 9.09. The van der Waals surface area contributed by atoms with Gasteiger partial charge in [0.1, 0.15) is 11.6 Å². The lowest BCUT2D eigenvalue weighted by molar-refractivity contribution is 0.0770. The van der Waals surface area contributed by atoms with E-state index in [1.807, 2.05) is 6.92 Å². The number of nitrogens with zero attached hydrogens (tertiary/aromatic N) is 1. The number of carbonyl (C=O) groups excluding carboxylic acids is 1. The molecule has 88 valence electrons. The number of hydrogen-bond donors (Lipinski definition) is 0. The van der Waals surface area contributed by atoms with Gasteiger partial charge in [0.25, 0.3) is 5.91 Å². The fourth-order valence-corrected chi connectivity index (χ4v) is 1.77. The van der Waals surface area contributed by atoms with Gasteiger partial charge in [-0.3, -0.25) is 4.79 Å². The van der Waals surface area contributed by atoms with Crippen molar-refractivity contribution in [3.8, 4) is 0 Å². The van der Waals surface area contributed by atoms with Crippen molar-refractivity contribution in [3.63, 3.8) is 0 Å². The molecule has 1 rings (SSSR count). The van der Waals surface area contributed by atoms with Gasteiger partial charge in [0.2, 0.25) is 0 Å². The van der Waals surface area contributed by atoms with Crippen molar-refractivity contribution in [2.45, 2.75) is 6.92 Å². The molecule has 5 heteroatoms. The standard InChI is InChI=1S/C11H12BrF2NO/c1-2-15(6-5-12)11(16)9-4-3-8(13)7-10(9)14/h3-4,7H,2,5-6H2,1H3. The van der Waals surface area contributed by atoms with Crippen molar-refractivity contribution >= 4 is 21.8 Å². The van der Waals surface area contributed by atoms with Crippen LogP contribution in [0.4, 0.5) is 8.78 Å². The monoisotopic (exact) mass is 291 g/mol. The Labute approximate surface area is 101 Å². The van der Waals surface area contributed by atoms with Crippen molar-refractivity contribution in [2.24, 2.45) is 0 Å². The molecule has 1 amide bonds. The number of amides is 1. The third-order valence-electron chi connectivity index (χ3n) is 2.18. The smallest absolute Gasteiger partial charge is 0.256 e. The van der Waals surface area contributed by atoms with Crippen LogP contribution in [0, 0.1) is 11.6 Å². The summed E-state index contributed by atoms with van der Waals surface area (Å²) in [6.45, 7) is 2.79. The van der Waals surface area contributed by atoms with Gasteiger partial charge in [-0.25, -0.2) is 8.78 Å². The van der Waals surface area contributed by atoms with Gasteiger partial charge in [-0.15, -0.1) is 0 Å². The molecule has 0 aliphatic carbocycles. The largest absolute Gasteiger partial charge is 0.338 e. The van der Waals surface area contributed by atoms with E-state index in [0.29, 0.717) is 18.4 Å². The first-order valence-corrected chi connectivity index (χ1v) is 6.02. The SMILES string of the molecule is CCN(CCBr)C(=O)c1ccc(F)cc1F. The summed E-state index contributed by atoms with van der Waals surface area (Å²) in [4.78, 5) is 13.3. The molecule has 0 unspecified atom stereocenters. The molecule has 2 nitrogen and oxygen atoms in total. The molecule has 0 radical (unpaired) electrons. The van der Waals surface area contributed by atoms with Crippen molar-refractivity contribution < 1.29 is 13.6 Å². The van der Waals surface area contributed by atoms with E-state index < -0.39 is 17.5 Å². The normalized spacial score (nSPS) is 10.2. The van der Waals surface area contributed by atoms with Crippen LogP contribution in [-0.4, -0.2) is 29.2 Å². The Bertz CT molecular complexity index is 384. The number of carbonyl (C=O) groups is 1. The van der Waals surface area contributed by atoms with Crippen LogP contribution in [0.1, 0.15) is 17.3 Å². The second-order valence-electron chi connectivity index (χ2n) is 3.20. The lowest BCUT2D eigenvalue weighted by Crippen LogP contribution is -2.33. The van der Waals surface area contributed by atoms with Crippen molar-refractivity contribution in [3.05, 3.63) is 35.4 Å². The highest BCUT2D eigenvalue weighted by atomic mass is 79.9. The van der Waals surface area contributed by atoms with Crippen LogP contribution in [0.5, 0.6) is 0 Å². The van der Waals surface area contributed by atoms with E-state index in [-0.39, 0.29) is 5.56 Å². The molecule has 1 aromatic carbocycles. The fourth-order valence-electron chi connectivity index (χ4n) is 1.34. The predicted molar refractivity (Wildman–Crippen MR) is 61.7 cm³/mol. The quantitative estimate of drug-likeness (QED) is 0.781. The molecule has 0 N–H and O–H groups in total. The van der Waals surface area contributed by atoms with E-state index in [1.54, 1.807) is 0 Å². The van der Waals surface area contributed by atoms with Gasteiger partial charge in [0.15, 0.2) is 0 Å². The van der Waals surface area contributed by atoms with Gasteiger partial charge in [0.05, 0.1) is 5.56 Å². The van der Waals surface area contributed by atoms with Crippen molar-refractivity contribution in [2.75, 3.05) is 18.4 Å². The lowest BCUT2D eigenvalue weighted by atomic mass is 10.2. The van der Waals surface area contributed by atoms with Crippen LogP contribution >= 0.6 is 15.9 Å². The first-order valence-electron chi connectivity index (χ1n) is 4.90. The van der Waals surface area contributed by atoms with Gasteiger partial charge >= 0.3 is 0 Å². The van der Waals surface area contributed by atoms with Gasteiger partial charge < -0.3 is 4.90 Å². The van der Waals surface area contributed by atoms with Gasteiger partial charge in [-0.1, -0.05) is 15.9 Å². The van der Waals surface area contributed by atoms with Crippen LogP contribution < -0.4 is 0 Å². The zero-order chi connectivity index (χ0) is 12.1. The predicted octanol–water partition coefficient (Wildman–Crippen LogP) is 2.82. The Kier molecular flexibility index (Phi) is 4.86. The second-order valence-corrected chi connectivity index (χ2v) is 3.99. The lowest BCUT2D eigenvalue weighted by Gasteiger charge is -2.19. The Balaban J connectivity index is 2.94. The molecule has 0 atom stereocenters. The van der Waals surface area contributed by atoms with Gasteiger partial charge in [-0.2, -0.15) is 0 Å². The molecule has 0 aliphatic heterocycles. The summed E-state index contributed by atoms with van der Waals surface area (Å²) in [7, 11) is 0. The summed E-state index contributed by atoms with van der Waals surface area (Å²) >= 11 is 3.21. The van der Waals surface area contributed by atoms with Gasteiger partial charge in [-0.05, 0) is 19.1 Å². The molecule has 0 aromatic heterocycles. The summed E-state index contributed by atoms with van der Waals surface area (Å²) in [5.41, 5.74) is -0.0933. The van der Waals surface area contributed by atoms with E-state index in [4.69, 9.17) is 0 Å². The second kappa shape index (κ2) is 5.94. The maximum Gasteiger partial charge on any atom is 0.256 e. The third kappa shape index (κ3) is 3.01. The Morgan fingerprint density at radius 1 is 1.44 bits per heavy atom. The van der Waals surface area contributed by atoms with E-state index in [0.717, 1.165) is 12.1 Å². The van der Waals surface area contributed by atoms with E-state index in [2.05, 4.69) is 15.9 Å². The number of hydrogen-bond acceptors (Lipinski definition) is 1. The number of benzene rings is 1. The van der Waals surface area contributed by atoms with Crippen LogP contribution in [-0.2, 0) is 0 Å². The van der Waals surface area contributed by atoms with Crippen LogP contribution in [0.15, 0.2) is 18.2 Å². The summed E-state index contributed by atoms with van der Waals surface area (Å²) in [6.07, 6.45) is 0. The van der Waals surface area contributed by atoms with Crippen LogP contribution in [0.2, 0.25) is 0 Å². The minimum Gasteiger partial charge on any atom is -0.338 e. The first kappa shape index (κ1) is 13.1. The molecule has 0 aliphatic rings. The molecule has 1 aromatic rings.